The highest BCUT2D eigenvalue weighted by Crippen LogP contribution is 2.33. The van der Waals surface area contributed by atoms with Crippen molar-refractivity contribution in [3.05, 3.63) is 16.3 Å². The molecule has 116 valence electrons. The van der Waals surface area contributed by atoms with Crippen molar-refractivity contribution in [1.82, 2.24) is 4.90 Å². The monoisotopic (exact) mass is 329 g/mol. The van der Waals surface area contributed by atoms with Crippen LogP contribution in [0.4, 0.5) is 0 Å². The Morgan fingerprint density at radius 2 is 2.33 bits per heavy atom. The first-order valence-corrected chi connectivity index (χ1v) is 8.77. The van der Waals surface area contributed by atoms with Gasteiger partial charge in [-0.1, -0.05) is 0 Å². The topological polar surface area (TPSA) is 66.8 Å². The number of thiophene rings is 1. The molecule has 1 aliphatic heterocycles. The van der Waals surface area contributed by atoms with Crippen molar-refractivity contribution < 1.29 is 19.4 Å². The van der Waals surface area contributed by atoms with E-state index in [9.17, 15) is 14.7 Å². The van der Waals surface area contributed by atoms with E-state index in [-0.39, 0.29) is 19.1 Å². The third-order valence-corrected chi connectivity index (χ3v) is 5.59. The van der Waals surface area contributed by atoms with Crippen LogP contribution in [0.25, 0.3) is 0 Å². The number of carboxylic acid groups (broad SMARTS) is 1. The minimum absolute atomic E-state index is 0.0734. The summed E-state index contributed by atoms with van der Waals surface area (Å²) in [6.45, 7) is 0.940. The van der Waals surface area contributed by atoms with Crippen LogP contribution in [-0.4, -0.2) is 54.9 Å². The van der Waals surface area contributed by atoms with Crippen molar-refractivity contribution in [2.24, 2.45) is 5.41 Å². The fraction of sp³-hybridized carbons (Fsp3) is 0.571. The molecule has 1 aromatic rings. The van der Waals surface area contributed by atoms with Crippen molar-refractivity contribution in [1.29, 1.82) is 0 Å². The summed E-state index contributed by atoms with van der Waals surface area (Å²) in [5.41, 5.74) is -0.987. The van der Waals surface area contributed by atoms with Crippen LogP contribution < -0.4 is 0 Å². The molecule has 0 radical (unpaired) electrons. The lowest BCUT2D eigenvalue weighted by atomic mass is 9.80. The molecule has 2 rings (SSSR count). The van der Waals surface area contributed by atoms with Crippen molar-refractivity contribution >= 4 is 35.0 Å². The van der Waals surface area contributed by atoms with Crippen LogP contribution in [0.1, 0.15) is 22.5 Å². The van der Waals surface area contributed by atoms with E-state index in [1.54, 1.807) is 4.90 Å². The highest BCUT2D eigenvalue weighted by molar-refractivity contribution is 7.98. The van der Waals surface area contributed by atoms with Gasteiger partial charge in [0.15, 0.2) is 0 Å². The Bertz CT molecular complexity index is 527. The van der Waals surface area contributed by atoms with Crippen molar-refractivity contribution in [3.8, 4) is 0 Å². The molecule has 2 heterocycles. The average Bonchev–Trinajstić information content (AvgIpc) is 2.95. The van der Waals surface area contributed by atoms with Crippen LogP contribution in [-0.2, 0) is 9.53 Å². The van der Waals surface area contributed by atoms with E-state index in [0.29, 0.717) is 24.3 Å². The minimum Gasteiger partial charge on any atom is -0.481 e. The molecule has 21 heavy (non-hydrogen) atoms. The van der Waals surface area contributed by atoms with Gasteiger partial charge in [0.1, 0.15) is 10.3 Å². The highest BCUT2D eigenvalue weighted by atomic mass is 32.2. The molecule has 1 unspecified atom stereocenters. The molecule has 7 heteroatoms. The highest BCUT2D eigenvalue weighted by Gasteiger charge is 2.44. The number of carbonyl (C=O) groups is 2. The lowest BCUT2D eigenvalue weighted by molar-refractivity contribution is -0.155. The number of hydrogen-bond donors (Lipinski definition) is 1. The standard InChI is InChI=1S/C14H19NO4S2/c1-19-9-14(13(17)18)5-3-6-15(8-14)12(16)11-10(20-2)4-7-21-11/h4,7H,3,5-6,8-9H2,1-2H3,(H,17,18). The molecule has 1 aromatic heterocycles. The third-order valence-electron chi connectivity index (χ3n) is 3.78. The maximum absolute atomic E-state index is 12.6. The van der Waals surface area contributed by atoms with Gasteiger partial charge < -0.3 is 14.7 Å². The first-order valence-electron chi connectivity index (χ1n) is 6.67. The lowest BCUT2D eigenvalue weighted by Gasteiger charge is -2.39. The number of amides is 1. The van der Waals surface area contributed by atoms with E-state index in [1.165, 1.54) is 30.2 Å². The summed E-state index contributed by atoms with van der Waals surface area (Å²) < 4.78 is 5.09. The van der Waals surface area contributed by atoms with Crippen LogP contribution in [0.15, 0.2) is 16.3 Å². The molecular weight excluding hydrogens is 310 g/mol. The number of hydrogen-bond acceptors (Lipinski definition) is 5. The van der Waals surface area contributed by atoms with Gasteiger partial charge in [0.05, 0.1) is 6.61 Å². The van der Waals surface area contributed by atoms with Gasteiger partial charge >= 0.3 is 5.97 Å². The first kappa shape index (κ1) is 16.3. The van der Waals surface area contributed by atoms with Gasteiger partial charge in [-0.25, -0.2) is 0 Å². The van der Waals surface area contributed by atoms with E-state index >= 15 is 0 Å². The van der Waals surface area contributed by atoms with Crippen LogP contribution in [0.5, 0.6) is 0 Å². The molecule has 1 saturated heterocycles. The van der Waals surface area contributed by atoms with Gasteiger partial charge in [0.25, 0.3) is 5.91 Å². The summed E-state index contributed by atoms with van der Waals surface area (Å²) in [5, 5.41) is 11.4. The molecule has 1 fully saturated rings. The number of nitrogens with zero attached hydrogens (tertiary/aromatic N) is 1. The third kappa shape index (κ3) is 3.25. The zero-order chi connectivity index (χ0) is 15.5. The number of aliphatic carboxylic acids is 1. The number of rotatable bonds is 5. The number of piperidine rings is 1. The lowest BCUT2D eigenvalue weighted by Crippen LogP contribution is -2.52. The molecule has 0 aliphatic carbocycles. The second kappa shape index (κ2) is 6.81. The van der Waals surface area contributed by atoms with Crippen molar-refractivity contribution in [3.63, 3.8) is 0 Å². The van der Waals surface area contributed by atoms with Crippen molar-refractivity contribution in [2.45, 2.75) is 17.7 Å². The van der Waals surface area contributed by atoms with Gasteiger partial charge in [-0.3, -0.25) is 9.59 Å². The van der Waals surface area contributed by atoms with E-state index in [0.717, 1.165) is 4.90 Å². The summed E-state index contributed by atoms with van der Waals surface area (Å²) in [5.74, 6) is -0.964. The van der Waals surface area contributed by atoms with Crippen LogP contribution in [0.2, 0.25) is 0 Å². The molecule has 1 aliphatic rings. The number of ether oxygens (including phenoxy) is 1. The number of carboxylic acids is 1. The molecule has 0 bridgehead atoms. The van der Waals surface area contributed by atoms with Crippen LogP contribution >= 0.6 is 23.1 Å². The Hall–Kier alpha value is -1.05. The van der Waals surface area contributed by atoms with E-state index in [4.69, 9.17) is 4.74 Å². The maximum atomic E-state index is 12.6. The molecule has 5 nitrogen and oxygen atoms in total. The quantitative estimate of drug-likeness (QED) is 0.840. The van der Waals surface area contributed by atoms with Crippen LogP contribution in [0.3, 0.4) is 0 Å². The number of thioether (sulfide) groups is 1. The average molecular weight is 329 g/mol. The van der Waals surface area contributed by atoms with E-state index < -0.39 is 11.4 Å². The number of likely N-dealkylation sites (tertiary alicyclic amines) is 1. The summed E-state index contributed by atoms with van der Waals surface area (Å²) in [6.07, 6.45) is 3.16. The molecule has 0 aromatic carbocycles. The van der Waals surface area contributed by atoms with Gasteiger partial charge in [-0.15, -0.1) is 23.1 Å². The minimum atomic E-state index is -0.987. The van der Waals surface area contributed by atoms with Crippen molar-refractivity contribution in [2.75, 3.05) is 33.1 Å². The Morgan fingerprint density at radius 1 is 1.57 bits per heavy atom. The summed E-state index contributed by atoms with van der Waals surface area (Å²) in [6, 6.07) is 1.92. The maximum Gasteiger partial charge on any atom is 0.313 e. The zero-order valence-corrected chi connectivity index (χ0v) is 13.8. The second-order valence-electron chi connectivity index (χ2n) is 5.17. The number of methoxy groups -OCH3 is 1. The molecule has 0 spiro atoms. The van der Waals surface area contributed by atoms with Crippen LogP contribution in [0, 0.1) is 5.41 Å². The Balaban J connectivity index is 2.20. The van der Waals surface area contributed by atoms with Gasteiger partial charge in [0.2, 0.25) is 0 Å². The van der Waals surface area contributed by atoms with Gasteiger partial charge in [-0.05, 0) is 30.5 Å². The smallest absolute Gasteiger partial charge is 0.313 e. The fourth-order valence-electron chi connectivity index (χ4n) is 2.69. The summed E-state index contributed by atoms with van der Waals surface area (Å²) >= 11 is 2.94. The second-order valence-corrected chi connectivity index (χ2v) is 6.93. The van der Waals surface area contributed by atoms with Gasteiger partial charge in [0, 0.05) is 25.1 Å². The Morgan fingerprint density at radius 3 is 2.95 bits per heavy atom. The zero-order valence-electron chi connectivity index (χ0n) is 12.1. The predicted molar refractivity (Wildman–Crippen MR) is 83.2 cm³/mol. The molecular formula is C14H19NO4S2. The summed E-state index contributed by atoms with van der Waals surface area (Å²) in [7, 11) is 1.50. The summed E-state index contributed by atoms with van der Waals surface area (Å²) in [4.78, 5) is 27.6. The largest absolute Gasteiger partial charge is 0.481 e. The van der Waals surface area contributed by atoms with Gasteiger partial charge in [-0.2, -0.15) is 0 Å². The molecule has 1 N–H and O–H groups in total. The molecule has 1 atom stereocenters. The van der Waals surface area contributed by atoms with E-state index in [1.807, 2.05) is 17.7 Å². The predicted octanol–water partition coefficient (Wildman–Crippen LogP) is 2.42. The Kier molecular flexibility index (Phi) is 5.29. The Labute approximate surface area is 132 Å². The molecule has 0 saturated carbocycles. The van der Waals surface area contributed by atoms with E-state index in [2.05, 4.69) is 0 Å². The SMILES string of the molecule is COCC1(C(=O)O)CCCN(C(=O)c2sccc2SC)C1. The molecule has 1 amide bonds. The fourth-order valence-corrected chi connectivity index (χ4v) is 4.40. The number of carbonyl (C=O) groups excluding carboxylic acids is 1. The normalized spacial score (nSPS) is 22.3. The first-order chi connectivity index (χ1) is 10.0.